The summed E-state index contributed by atoms with van der Waals surface area (Å²) in [6.45, 7) is 1.08. The topological polar surface area (TPSA) is 85.9 Å². The van der Waals surface area contributed by atoms with Gasteiger partial charge in [0.25, 0.3) is 5.91 Å². The van der Waals surface area contributed by atoms with Crippen molar-refractivity contribution in [2.24, 2.45) is 0 Å². The Morgan fingerprint density at radius 3 is 2.67 bits per heavy atom. The highest BCUT2D eigenvalue weighted by molar-refractivity contribution is 5.99. The average molecular weight is 416 g/mol. The predicted octanol–water partition coefficient (Wildman–Crippen LogP) is 2.93. The zero-order chi connectivity index (χ0) is 21.5. The van der Waals surface area contributed by atoms with Crippen LogP contribution in [-0.2, 0) is 16.0 Å². The zero-order valence-corrected chi connectivity index (χ0v) is 17.0. The molecule has 1 aliphatic heterocycles. The quantitative estimate of drug-likeness (QED) is 0.691. The van der Waals surface area contributed by atoms with Crippen molar-refractivity contribution in [3.05, 3.63) is 53.3 Å². The summed E-state index contributed by atoms with van der Waals surface area (Å²) in [5, 5.41) is 5.65. The van der Waals surface area contributed by atoms with Crippen LogP contribution in [0.25, 0.3) is 0 Å². The van der Waals surface area contributed by atoms with E-state index in [0.29, 0.717) is 41.5 Å². The Kier molecular flexibility index (Phi) is 7.24. The number of benzene rings is 2. The van der Waals surface area contributed by atoms with Crippen molar-refractivity contribution in [2.75, 3.05) is 32.8 Å². The summed E-state index contributed by atoms with van der Waals surface area (Å²) in [6, 6.07) is 9.37. The largest absolute Gasteiger partial charge is 0.493 e. The van der Waals surface area contributed by atoms with Crippen LogP contribution in [0.3, 0.4) is 0 Å². The first-order valence-electron chi connectivity index (χ1n) is 9.69. The Hall–Kier alpha value is -3.13. The van der Waals surface area contributed by atoms with Gasteiger partial charge in [-0.1, -0.05) is 18.2 Å². The fourth-order valence-electron chi connectivity index (χ4n) is 3.27. The number of carbonyl (C=O) groups is 2. The van der Waals surface area contributed by atoms with Crippen molar-refractivity contribution in [1.82, 2.24) is 5.32 Å². The van der Waals surface area contributed by atoms with E-state index in [2.05, 4.69) is 10.6 Å². The summed E-state index contributed by atoms with van der Waals surface area (Å²) >= 11 is 0. The lowest BCUT2D eigenvalue weighted by Gasteiger charge is -2.17. The molecule has 1 saturated heterocycles. The lowest BCUT2D eigenvalue weighted by molar-refractivity contribution is -0.116. The molecule has 0 spiro atoms. The average Bonchev–Trinajstić information content (AvgIpc) is 3.25. The molecule has 2 N–H and O–H groups in total. The first kappa shape index (κ1) is 21.6. The second-order valence-electron chi connectivity index (χ2n) is 6.93. The number of rotatable bonds is 8. The Morgan fingerprint density at radius 1 is 1.20 bits per heavy atom. The van der Waals surface area contributed by atoms with E-state index in [0.717, 1.165) is 6.42 Å². The fraction of sp³-hybridized carbons (Fsp3) is 0.364. The second kappa shape index (κ2) is 10.1. The molecule has 0 saturated carbocycles. The number of amides is 2. The van der Waals surface area contributed by atoms with Crippen molar-refractivity contribution < 1.29 is 28.2 Å². The van der Waals surface area contributed by atoms with Crippen molar-refractivity contribution in [2.45, 2.75) is 25.3 Å². The van der Waals surface area contributed by atoms with Crippen LogP contribution in [0.2, 0.25) is 0 Å². The molecule has 0 bridgehead atoms. The van der Waals surface area contributed by atoms with Crippen LogP contribution in [0, 0.1) is 5.82 Å². The van der Waals surface area contributed by atoms with Gasteiger partial charge in [-0.3, -0.25) is 9.59 Å². The zero-order valence-electron chi connectivity index (χ0n) is 17.0. The maximum Gasteiger partial charge on any atom is 0.251 e. The van der Waals surface area contributed by atoms with Crippen LogP contribution in [0.15, 0.2) is 36.4 Å². The normalized spacial score (nSPS) is 15.5. The standard InChI is InChI=1S/C22H25FN2O5/c1-28-19-12-15(22(27)24-16-9-10-30-13-16)11-18(21(19)29-2)25-20(26)8-7-14-5-3-4-6-17(14)23/h3-6,11-12,16H,7-10,13H2,1-2H3,(H,24,27)(H,25,26). The van der Waals surface area contributed by atoms with Gasteiger partial charge in [0.05, 0.1) is 32.6 Å². The van der Waals surface area contributed by atoms with E-state index in [4.69, 9.17) is 14.2 Å². The summed E-state index contributed by atoms with van der Waals surface area (Å²) < 4.78 is 29.8. The molecule has 0 aliphatic carbocycles. The van der Waals surface area contributed by atoms with E-state index in [9.17, 15) is 14.0 Å². The highest BCUT2D eigenvalue weighted by atomic mass is 19.1. The Bertz CT molecular complexity index is 912. The first-order valence-corrected chi connectivity index (χ1v) is 9.69. The van der Waals surface area contributed by atoms with Crippen LogP contribution in [0.1, 0.15) is 28.8 Å². The number of aryl methyl sites for hydroxylation is 1. The van der Waals surface area contributed by atoms with Crippen molar-refractivity contribution in [3.8, 4) is 11.5 Å². The number of hydrogen-bond donors (Lipinski definition) is 2. The molecule has 0 aromatic heterocycles. The molecule has 2 aromatic carbocycles. The van der Waals surface area contributed by atoms with E-state index < -0.39 is 0 Å². The molecular formula is C22H25FN2O5. The molecule has 1 aliphatic rings. The SMILES string of the molecule is COc1cc(C(=O)NC2CCOC2)cc(NC(=O)CCc2ccccc2F)c1OC. The molecule has 7 nitrogen and oxygen atoms in total. The summed E-state index contributed by atoms with van der Waals surface area (Å²) in [7, 11) is 2.90. The summed E-state index contributed by atoms with van der Waals surface area (Å²) in [6.07, 6.45) is 1.07. The van der Waals surface area contributed by atoms with Gasteiger partial charge >= 0.3 is 0 Å². The third kappa shape index (κ3) is 5.27. The highest BCUT2D eigenvalue weighted by Crippen LogP contribution is 2.37. The van der Waals surface area contributed by atoms with E-state index in [1.165, 1.54) is 26.4 Å². The molecule has 160 valence electrons. The predicted molar refractivity (Wildman–Crippen MR) is 110 cm³/mol. The van der Waals surface area contributed by atoms with Crippen molar-refractivity contribution in [3.63, 3.8) is 0 Å². The Morgan fingerprint density at radius 2 is 2.00 bits per heavy atom. The van der Waals surface area contributed by atoms with Gasteiger partial charge in [-0.2, -0.15) is 0 Å². The first-order chi connectivity index (χ1) is 14.5. The fourth-order valence-corrected chi connectivity index (χ4v) is 3.27. The summed E-state index contributed by atoms with van der Waals surface area (Å²) in [4.78, 5) is 25.1. The molecule has 1 atom stereocenters. The van der Waals surface area contributed by atoms with Gasteiger partial charge < -0.3 is 24.8 Å². The van der Waals surface area contributed by atoms with Crippen molar-refractivity contribution in [1.29, 1.82) is 0 Å². The minimum Gasteiger partial charge on any atom is -0.493 e. The van der Waals surface area contributed by atoms with Gasteiger partial charge in [0, 0.05) is 18.6 Å². The molecule has 1 fully saturated rings. The van der Waals surface area contributed by atoms with Gasteiger partial charge in [-0.15, -0.1) is 0 Å². The summed E-state index contributed by atoms with van der Waals surface area (Å²) in [5.41, 5.74) is 1.09. The molecule has 30 heavy (non-hydrogen) atoms. The Labute approximate surface area is 174 Å². The van der Waals surface area contributed by atoms with Gasteiger partial charge in [0.15, 0.2) is 11.5 Å². The Balaban J connectivity index is 1.75. The van der Waals surface area contributed by atoms with Crippen LogP contribution >= 0.6 is 0 Å². The smallest absolute Gasteiger partial charge is 0.251 e. The van der Waals surface area contributed by atoms with Crippen molar-refractivity contribution >= 4 is 17.5 Å². The van der Waals surface area contributed by atoms with E-state index in [1.807, 2.05) is 0 Å². The molecule has 1 unspecified atom stereocenters. The number of anilines is 1. The van der Waals surface area contributed by atoms with Crippen LogP contribution < -0.4 is 20.1 Å². The monoisotopic (exact) mass is 416 g/mol. The van der Waals surface area contributed by atoms with E-state index >= 15 is 0 Å². The molecular weight excluding hydrogens is 391 g/mol. The minimum absolute atomic E-state index is 0.0515. The lowest BCUT2D eigenvalue weighted by atomic mass is 10.1. The van der Waals surface area contributed by atoms with E-state index in [-0.39, 0.29) is 36.5 Å². The number of ether oxygens (including phenoxy) is 3. The third-order valence-electron chi connectivity index (χ3n) is 4.86. The maximum atomic E-state index is 13.8. The maximum absolute atomic E-state index is 13.8. The molecule has 8 heteroatoms. The number of carbonyl (C=O) groups excluding carboxylic acids is 2. The van der Waals surface area contributed by atoms with Crippen LogP contribution in [0.4, 0.5) is 10.1 Å². The van der Waals surface area contributed by atoms with Crippen LogP contribution in [0.5, 0.6) is 11.5 Å². The number of methoxy groups -OCH3 is 2. The minimum atomic E-state index is -0.348. The summed E-state index contributed by atoms with van der Waals surface area (Å²) in [5.74, 6) is -0.359. The molecule has 2 aromatic rings. The van der Waals surface area contributed by atoms with Crippen LogP contribution in [-0.4, -0.2) is 45.3 Å². The number of nitrogens with one attached hydrogen (secondary N) is 2. The number of hydrogen-bond acceptors (Lipinski definition) is 5. The molecule has 0 radical (unpaired) electrons. The van der Waals surface area contributed by atoms with Gasteiger partial charge in [-0.25, -0.2) is 4.39 Å². The van der Waals surface area contributed by atoms with Gasteiger partial charge in [0.2, 0.25) is 5.91 Å². The van der Waals surface area contributed by atoms with Gasteiger partial charge in [0.1, 0.15) is 5.82 Å². The number of halogens is 1. The molecule has 1 heterocycles. The third-order valence-corrected chi connectivity index (χ3v) is 4.86. The second-order valence-corrected chi connectivity index (χ2v) is 6.93. The van der Waals surface area contributed by atoms with Gasteiger partial charge in [-0.05, 0) is 36.6 Å². The molecule has 2 amide bonds. The lowest BCUT2D eigenvalue weighted by Crippen LogP contribution is -2.35. The molecule has 3 rings (SSSR count). The highest BCUT2D eigenvalue weighted by Gasteiger charge is 2.22. The van der Waals surface area contributed by atoms with E-state index in [1.54, 1.807) is 24.3 Å².